The van der Waals surface area contributed by atoms with Gasteiger partial charge in [0.05, 0.1) is 10.0 Å². The standard InChI is InChI=1S/C14H13BrFNO/c1-14(2,3)13(18)10(8-17)6-9-4-5-12(16)11(15)7-9/h4-7H,1-3H3/b10-6+. The highest BCUT2D eigenvalue weighted by molar-refractivity contribution is 9.10. The van der Waals surface area contributed by atoms with Crippen LogP contribution in [-0.2, 0) is 4.79 Å². The monoisotopic (exact) mass is 309 g/mol. The lowest BCUT2D eigenvalue weighted by Gasteiger charge is -2.15. The summed E-state index contributed by atoms with van der Waals surface area (Å²) in [6.07, 6.45) is 1.47. The number of nitrogens with zero attached hydrogens (tertiary/aromatic N) is 1. The van der Waals surface area contributed by atoms with Crippen LogP contribution in [-0.4, -0.2) is 5.78 Å². The third kappa shape index (κ3) is 3.51. The average molecular weight is 310 g/mol. The lowest BCUT2D eigenvalue weighted by Crippen LogP contribution is -2.21. The van der Waals surface area contributed by atoms with E-state index in [0.29, 0.717) is 10.0 Å². The molecular formula is C14H13BrFNO. The van der Waals surface area contributed by atoms with Crippen molar-refractivity contribution in [1.29, 1.82) is 5.26 Å². The van der Waals surface area contributed by atoms with Gasteiger partial charge in [0.25, 0.3) is 0 Å². The van der Waals surface area contributed by atoms with Crippen LogP contribution >= 0.6 is 15.9 Å². The number of halogens is 2. The molecule has 0 amide bonds. The molecule has 1 aromatic rings. The molecular weight excluding hydrogens is 297 g/mol. The van der Waals surface area contributed by atoms with Crippen molar-refractivity contribution in [3.05, 3.63) is 39.6 Å². The fourth-order valence-corrected chi connectivity index (χ4v) is 1.72. The van der Waals surface area contributed by atoms with Gasteiger partial charge in [0.2, 0.25) is 0 Å². The molecule has 0 N–H and O–H groups in total. The Morgan fingerprint density at radius 2 is 2.06 bits per heavy atom. The number of rotatable bonds is 2. The number of carbonyl (C=O) groups is 1. The van der Waals surface area contributed by atoms with Gasteiger partial charge in [0, 0.05) is 5.41 Å². The Morgan fingerprint density at radius 3 is 2.50 bits per heavy atom. The molecule has 1 rings (SSSR count). The molecule has 0 radical (unpaired) electrons. The third-order valence-electron chi connectivity index (χ3n) is 2.30. The molecule has 0 aliphatic carbocycles. The van der Waals surface area contributed by atoms with Gasteiger partial charge in [-0.1, -0.05) is 26.8 Å². The smallest absolute Gasteiger partial charge is 0.178 e. The first-order valence-corrected chi connectivity index (χ1v) is 6.16. The SMILES string of the molecule is CC(C)(C)C(=O)/C(C#N)=C/c1ccc(F)c(Br)c1. The zero-order chi connectivity index (χ0) is 13.9. The van der Waals surface area contributed by atoms with Crippen molar-refractivity contribution in [2.24, 2.45) is 5.41 Å². The number of Topliss-reactive ketones (excluding diaryl/α,β-unsaturated/α-hetero) is 1. The van der Waals surface area contributed by atoms with Gasteiger partial charge in [0.1, 0.15) is 11.9 Å². The van der Waals surface area contributed by atoms with Crippen LogP contribution in [0.15, 0.2) is 28.2 Å². The first-order chi connectivity index (χ1) is 8.25. The van der Waals surface area contributed by atoms with Gasteiger partial charge >= 0.3 is 0 Å². The third-order valence-corrected chi connectivity index (χ3v) is 2.91. The zero-order valence-electron chi connectivity index (χ0n) is 10.4. The Balaban J connectivity index is 3.17. The molecule has 0 heterocycles. The Kier molecular flexibility index (Phi) is 4.42. The van der Waals surface area contributed by atoms with Crippen molar-refractivity contribution < 1.29 is 9.18 Å². The maximum Gasteiger partial charge on any atom is 0.178 e. The predicted molar refractivity (Wildman–Crippen MR) is 72.2 cm³/mol. The van der Waals surface area contributed by atoms with Crippen molar-refractivity contribution in [3.63, 3.8) is 0 Å². The van der Waals surface area contributed by atoms with E-state index in [9.17, 15) is 9.18 Å². The van der Waals surface area contributed by atoms with Crippen LogP contribution in [0.4, 0.5) is 4.39 Å². The molecule has 0 unspecified atom stereocenters. The molecule has 0 bridgehead atoms. The fourth-order valence-electron chi connectivity index (χ4n) is 1.32. The minimum absolute atomic E-state index is 0.0704. The van der Waals surface area contributed by atoms with Gasteiger partial charge in [-0.2, -0.15) is 5.26 Å². The summed E-state index contributed by atoms with van der Waals surface area (Å²) in [4.78, 5) is 12.0. The van der Waals surface area contributed by atoms with E-state index < -0.39 is 5.41 Å². The molecule has 0 aromatic heterocycles. The van der Waals surface area contributed by atoms with Crippen molar-refractivity contribution >= 4 is 27.8 Å². The minimum atomic E-state index is -0.612. The van der Waals surface area contributed by atoms with E-state index in [1.807, 2.05) is 6.07 Å². The number of hydrogen-bond acceptors (Lipinski definition) is 2. The number of benzene rings is 1. The van der Waals surface area contributed by atoms with Crippen LogP contribution < -0.4 is 0 Å². The summed E-state index contributed by atoms with van der Waals surface area (Å²) in [6.45, 7) is 5.25. The zero-order valence-corrected chi connectivity index (χ0v) is 12.0. The summed E-state index contributed by atoms with van der Waals surface area (Å²) in [5, 5.41) is 9.02. The largest absolute Gasteiger partial charge is 0.293 e. The normalized spacial score (nSPS) is 12.1. The molecule has 18 heavy (non-hydrogen) atoms. The van der Waals surface area contributed by atoms with Gasteiger partial charge < -0.3 is 0 Å². The number of ketones is 1. The van der Waals surface area contributed by atoms with Gasteiger partial charge in [-0.05, 0) is 39.7 Å². The van der Waals surface area contributed by atoms with Crippen LogP contribution in [0.1, 0.15) is 26.3 Å². The molecule has 94 valence electrons. The van der Waals surface area contributed by atoms with Gasteiger partial charge in [-0.15, -0.1) is 0 Å². The summed E-state index contributed by atoms with van der Waals surface area (Å²) >= 11 is 3.06. The Hall–Kier alpha value is -1.47. The number of hydrogen-bond donors (Lipinski definition) is 0. The summed E-state index contributed by atoms with van der Waals surface area (Å²) in [7, 11) is 0. The predicted octanol–water partition coefficient (Wildman–Crippen LogP) is 4.11. The molecule has 0 aliphatic heterocycles. The van der Waals surface area contributed by atoms with Crippen LogP contribution in [0, 0.1) is 22.6 Å². The summed E-state index contributed by atoms with van der Waals surface area (Å²) < 4.78 is 13.4. The molecule has 0 saturated heterocycles. The summed E-state index contributed by atoms with van der Waals surface area (Å²) in [6, 6.07) is 6.23. The highest BCUT2D eigenvalue weighted by Crippen LogP contribution is 2.23. The van der Waals surface area contributed by atoms with Crippen LogP contribution in [0.3, 0.4) is 0 Å². The Bertz CT molecular complexity index is 550. The molecule has 4 heteroatoms. The molecule has 0 atom stereocenters. The average Bonchev–Trinajstić information content (AvgIpc) is 2.28. The number of allylic oxidation sites excluding steroid dienone is 1. The Labute approximate surface area is 114 Å². The molecule has 0 spiro atoms. The van der Waals surface area contributed by atoms with Crippen molar-refractivity contribution in [2.75, 3.05) is 0 Å². The van der Waals surface area contributed by atoms with Gasteiger partial charge in [-0.3, -0.25) is 4.79 Å². The number of carbonyl (C=O) groups excluding carboxylic acids is 1. The first kappa shape index (κ1) is 14.6. The molecule has 0 saturated carbocycles. The molecule has 1 aromatic carbocycles. The van der Waals surface area contributed by atoms with E-state index in [2.05, 4.69) is 15.9 Å². The fraction of sp³-hybridized carbons (Fsp3) is 0.286. The molecule has 2 nitrogen and oxygen atoms in total. The second kappa shape index (κ2) is 5.45. The van der Waals surface area contributed by atoms with Gasteiger partial charge in [0.15, 0.2) is 5.78 Å². The Morgan fingerprint density at radius 1 is 1.44 bits per heavy atom. The van der Waals surface area contributed by atoms with Crippen molar-refractivity contribution in [1.82, 2.24) is 0 Å². The molecule has 0 fully saturated rings. The van der Waals surface area contributed by atoms with Crippen LogP contribution in [0.2, 0.25) is 0 Å². The second-order valence-electron chi connectivity index (χ2n) is 4.92. The quantitative estimate of drug-likeness (QED) is 0.609. The lowest BCUT2D eigenvalue weighted by molar-refractivity contribution is -0.121. The topological polar surface area (TPSA) is 40.9 Å². The maximum atomic E-state index is 13.1. The second-order valence-corrected chi connectivity index (χ2v) is 5.78. The highest BCUT2D eigenvalue weighted by Gasteiger charge is 2.24. The minimum Gasteiger partial charge on any atom is -0.293 e. The van der Waals surface area contributed by atoms with Crippen molar-refractivity contribution in [3.8, 4) is 6.07 Å². The van der Waals surface area contributed by atoms with E-state index in [-0.39, 0.29) is 17.2 Å². The highest BCUT2D eigenvalue weighted by atomic mass is 79.9. The van der Waals surface area contributed by atoms with Crippen LogP contribution in [0.25, 0.3) is 6.08 Å². The molecule has 0 aliphatic rings. The van der Waals surface area contributed by atoms with E-state index in [0.717, 1.165) is 0 Å². The van der Waals surface area contributed by atoms with E-state index in [1.54, 1.807) is 20.8 Å². The number of nitriles is 1. The lowest BCUT2D eigenvalue weighted by atomic mass is 9.86. The first-order valence-electron chi connectivity index (χ1n) is 5.37. The van der Waals surface area contributed by atoms with Gasteiger partial charge in [-0.25, -0.2) is 4.39 Å². The van der Waals surface area contributed by atoms with E-state index in [4.69, 9.17) is 5.26 Å². The van der Waals surface area contributed by atoms with Crippen LogP contribution in [0.5, 0.6) is 0 Å². The summed E-state index contributed by atoms with van der Waals surface area (Å²) in [5.74, 6) is -0.613. The summed E-state index contributed by atoms with van der Waals surface area (Å²) in [5.41, 5.74) is 0.0668. The maximum absolute atomic E-state index is 13.1. The van der Waals surface area contributed by atoms with Crippen molar-refractivity contribution in [2.45, 2.75) is 20.8 Å². The van der Waals surface area contributed by atoms with E-state index in [1.165, 1.54) is 24.3 Å². The van der Waals surface area contributed by atoms with E-state index >= 15 is 0 Å².